The fraction of sp³-hybridized carbons (Fsp3) is 0.745. The summed E-state index contributed by atoms with van der Waals surface area (Å²) in [6, 6.07) is 7.33. The molecule has 4 fully saturated rings. The molecule has 2 N–H and O–H groups in total. The third-order valence-electron chi connectivity index (χ3n) is 18.0. The number of alkyl carbamates (subject to hydrolysis) is 1. The maximum atomic E-state index is 14.7. The highest BCUT2D eigenvalue weighted by Gasteiger charge is 2.76. The highest BCUT2D eigenvalue weighted by atomic mass is 127. The van der Waals surface area contributed by atoms with Crippen LogP contribution in [0.1, 0.15) is 180 Å². The van der Waals surface area contributed by atoms with Crippen LogP contribution in [0.25, 0.3) is 11.4 Å². The van der Waals surface area contributed by atoms with Crippen LogP contribution in [0.2, 0.25) is 5.02 Å². The molecule has 69 heavy (non-hydrogen) atoms. The van der Waals surface area contributed by atoms with Crippen LogP contribution in [-0.2, 0) is 35.1 Å². The molecule has 5 aliphatic carbocycles. The molecule has 12 nitrogen and oxygen atoms in total. The van der Waals surface area contributed by atoms with Crippen LogP contribution in [0.4, 0.5) is 4.79 Å². The predicted molar refractivity (Wildman–Crippen MR) is 276 cm³/mol. The SMILES string of the molecule is CC(C)C1=C2[C@H]3CC[C@]4(I)C5(C)CC[C@H](OC(=O)CC(C)(C)C(=O)OC(C)(C)C)C(C)(C)C5CC[C@@]4(C)[C@]3(C)CC[C@@]2([C@@H](O)c2nnc(-c3ccc(Cl)cc3)n2CCNC(=O)OC(C)(C)C)CC1=O. The minimum absolute atomic E-state index is 0.0368. The van der Waals surface area contributed by atoms with Gasteiger partial charge in [-0.1, -0.05) is 82.7 Å². The topological polar surface area (TPSA) is 159 Å². The Hall–Kier alpha value is -3.04. The Morgan fingerprint density at radius 2 is 1.51 bits per heavy atom. The van der Waals surface area contributed by atoms with Crippen molar-refractivity contribution in [1.82, 2.24) is 20.1 Å². The third kappa shape index (κ3) is 9.13. The molecular weight excluding hydrogens is 1010 g/mol. The lowest BCUT2D eigenvalue weighted by atomic mass is 9.32. The van der Waals surface area contributed by atoms with Crippen molar-refractivity contribution in [2.24, 2.45) is 50.2 Å². The number of fused-ring (bicyclic) bond motifs is 7. The fourth-order valence-electron chi connectivity index (χ4n) is 14.5. The Bertz CT molecular complexity index is 2380. The molecule has 0 spiro atoms. The lowest BCUT2D eigenvalue weighted by molar-refractivity contribution is -0.216. The number of aromatic nitrogens is 3. The van der Waals surface area contributed by atoms with E-state index >= 15 is 0 Å². The second-order valence-corrected chi connectivity index (χ2v) is 27.9. The lowest BCUT2D eigenvalue weighted by Crippen LogP contribution is -2.72. The van der Waals surface area contributed by atoms with Gasteiger partial charge >= 0.3 is 18.0 Å². The van der Waals surface area contributed by atoms with Gasteiger partial charge in [0.1, 0.15) is 23.4 Å². The largest absolute Gasteiger partial charge is 0.462 e. The average Bonchev–Trinajstić information content (AvgIpc) is 3.77. The molecule has 2 unspecified atom stereocenters. The van der Waals surface area contributed by atoms with E-state index in [4.69, 9.17) is 30.9 Å². The fourth-order valence-corrected chi connectivity index (χ4v) is 16.5. The minimum atomic E-state index is -1.15. The number of benzene rings is 1. The lowest BCUT2D eigenvalue weighted by Gasteiger charge is -2.75. The number of ether oxygens (including phenoxy) is 3. The molecular formula is C55H80ClIN4O8. The van der Waals surface area contributed by atoms with Crippen molar-refractivity contribution in [3.05, 3.63) is 46.3 Å². The maximum Gasteiger partial charge on any atom is 0.407 e. The van der Waals surface area contributed by atoms with Crippen molar-refractivity contribution in [3.63, 3.8) is 0 Å². The van der Waals surface area contributed by atoms with Gasteiger partial charge in [0.2, 0.25) is 0 Å². The zero-order valence-corrected chi connectivity index (χ0v) is 47.0. The van der Waals surface area contributed by atoms with Crippen molar-refractivity contribution in [2.45, 2.75) is 201 Å². The third-order valence-corrected chi connectivity index (χ3v) is 21.2. The van der Waals surface area contributed by atoms with Crippen molar-refractivity contribution in [3.8, 4) is 11.4 Å². The molecule has 1 heterocycles. The first-order chi connectivity index (χ1) is 31.7. The first-order valence-corrected chi connectivity index (χ1v) is 26.9. The van der Waals surface area contributed by atoms with Crippen LogP contribution in [-0.4, -0.2) is 71.0 Å². The number of alkyl halides is 1. The highest BCUT2D eigenvalue weighted by molar-refractivity contribution is 14.1. The number of allylic oxidation sites excluding steroid dienone is 1. The molecule has 7 rings (SSSR count). The quantitative estimate of drug-likeness (QED) is 0.0960. The zero-order valence-electron chi connectivity index (χ0n) is 44.1. The van der Waals surface area contributed by atoms with Gasteiger partial charge < -0.3 is 29.2 Å². The molecule has 9 atom stereocenters. The van der Waals surface area contributed by atoms with Gasteiger partial charge in [-0.05, 0) is 176 Å². The van der Waals surface area contributed by atoms with E-state index in [-0.39, 0.29) is 86.6 Å². The number of carbonyl (C=O) groups is 4. The van der Waals surface area contributed by atoms with Gasteiger partial charge in [-0.3, -0.25) is 14.4 Å². The number of aliphatic hydroxyl groups excluding tert-OH is 1. The van der Waals surface area contributed by atoms with Crippen LogP contribution in [0.5, 0.6) is 0 Å². The van der Waals surface area contributed by atoms with Crippen molar-refractivity contribution in [1.29, 1.82) is 0 Å². The molecule has 1 aromatic carbocycles. The summed E-state index contributed by atoms with van der Waals surface area (Å²) in [5, 5.41) is 26.0. The number of ketones is 1. The standard InChI is InChI=1S/C55H80ClIN4O8/c1-32(2)40-36(62)30-54(42(64)44-60-59-43(33-16-18-34(56)19-17-33)61(44)29-28-58-46(66)69-48(6,7)8)27-26-51(13)35(41(40)54)20-25-55(57)52(14)23-22-38(50(11,12)37(52)21-24-53(51,55)15)67-39(63)31-49(9,10)45(65)68-47(3,4)5/h16-19,32,35,37-38,42,64H,20-31H2,1-15H3,(H,58,66)/t35-,37?,38+,42+,51-,52?,53+,54-,55+/m1/s1. The van der Waals surface area contributed by atoms with Crippen molar-refractivity contribution >= 4 is 58.0 Å². The smallest absolute Gasteiger partial charge is 0.407 e. The van der Waals surface area contributed by atoms with E-state index in [2.05, 4.69) is 81.5 Å². The number of nitrogens with one attached hydrogen (secondary N) is 1. The molecule has 5 aliphatic rings. The second-order valence-electron chi connectivity index (χ2n) is 25.7. The van der Waals surface area contributed by atoms with Gasteiger partial charge in [-0.15, -0.1) is 10.2 Å². The summed E-state index contributed by atoms with van der Waals surface area (Å²) >= 11 is 9.20. The Labute approximate surface area is 430 Å². The van der Waals surface area contributed by atoms with Gasteiger partial charge in [-0.2, -0.15) is 0 Å². The number of carbonyl (C=O) groups excluding carboxylic acids is 4. The van der Waals surface area contributed by atoms with E-state index < -0.39 is 40.2 Å². The molecule has 0 radical (unpaired) electrons. The summed E-state index contributed by atoms with van der Waals surface area (Å²) < 4.78 is 19.4. The van der Waals surface area contributed by atoms with Gasteiger partial charge in [0, 0.05) is 44.3 Å². The van der Waals surface area contributed by atoms with Crippen molar-refractivity contribution < 1.29 is 38.5 Å². The summed E-state index contributed by atoms with van der Waals surface area (Å²) in [4.78, 5) is 54.3. The van der Waals surface area contributed by atoms with Crippen LogP contribution in [0.15, 0.2) is 35.4 Å². The number of aliphatic hydroxyl groups is 1. The average molecular weight is 1090 g/mol. The van der Waals surface area contributed by atoms with Crippen LogP contribution in [0, 0.1) is 50.2 Å². The Kier molecular flexibility index (Phi) is 14.1. The summed E-state index contributed by atoms with van der Waals surface area (Å²) in [7, 11) is 0. The van der Waals surface area contributed by atoms with E-state index in [0.29, 0.717) is 23.1 Å². The van der Waals surface area contributed by atoms with E-state index in [1.165, 1.54) is 0 Å². The number of halogens is 2. The van der Waals surface area contributed by atoms with Gasteiger partial charge in [-0.25, -0.2) is 4.79 Å². The van der Waals surface area contributed by atoms with E-state index in [9.17, 15) is 24.3 Å². The molecule has 14 heteroatoms. The number of hydrogen-bond acceptors (Lipinski definition) is 10. The van der Waals surface area contributed by atoms with E-state index in [1.807, 2.05) is 58.2 Å². The Morgan fingerprint density at radius 3 is 2.12 bits per heavy atom. The summed E-state index contributed by atoms with van der Waals surface area (Å²) in [6.07, 6.45) is 5.05. The molecule has 382 valence electrons. The Morgan fingerprint density at radius 1 is 0.870 bits per heavy atom. The van der Waals surface area contributed by atoms with Crippen LogP contribution in [0.3, 0.4) is 0 Å². The van der Waals surface area contributed by atoms with Crippen LogP contribution >= 0.6 is 34.2 Å². The van der Waals surface area contributed by atoms with Gasteiger partial charge in [0.05, 0.1) is 11.8 Å². The van der Waals surface area contributed by atoms with Crippen LogP contribution < -0.4 is 5.32 Å². The zero-order chi connectivity index (χ0) is 51.3. The monoisotopic (exact) mass is 1090 g/mol. The summed E-state index contributed by atoms with van der Waals surface area (Å²) in [6.45, 7) is 31.2. The van der Waals surface area contributed by atoms with E-state index in [0.717, 1.165) is 61.7 Å². The number of rotatable bonds is 11. The number of nitrogens with zero attached hydrogens (tertiary/aromatic N) is 3. The first-order valence-electron chi connectivity index (χ1n) is 25.4. The number of hydrogen-bond donors (Lipinski definition) is 2. The summed E-state index contributed by atoms with van der Waals surface area (Å²) in [5.41, 5.74) is -1.24. The van der Waals surface area contributed by atoms with E-state index in [1.54, 1.807) is 26.0 Å². The first kappa shape index (κ1) is 53.8. The number of esters is 2. The Balaban J connectivity index is 1.20. The highest BCUT2D eigenvalue weighted by Crippen LogP contribution is 2.81. The van der Waals surface area contributed by atoms with Gasteiger partial charge in [0.25, 0.3) is 0 Å². The predicted octanol–water partition coefficient (Wildman–Crippen LogP) is 12.4. The molecule has 4 saturated carbocycles. The molecule has 0 saturated heterocycles. The number of amides is 1. The normalized spacial score (nSPS) is 32.6. The molecule has 1 amide bonds. The van der Waals surface area contributed by atoms with Gasteiger partial charge in [0.15, 0.2) is 17.4 Å². The molecule has 0 bridgehead atoms. The molecule has 1 aromatic heterocycles. The van der Waals surface area contributed by atoms with Crippen molar-refractivity contribution in [2.75, 3.05) is 6.54 Å². The molecule has 0 aliphatic heterocycles. The maximum absolute atomic E-state index is 14.7. The molecule has 2 aromatic rings. The minimum Gasteiger partial charge on any atom is -0.462 e. The number of Topliss-reactive ketones (excluding diaryl/α,β-unsaturated/α-hetero) is 1. The summed E-state index contributed by atoms with van der Waals surface area (Å²) in [5.74, 6) is 0.526. The second kappa shape index (κ2) is 18.2.